The fourth-order valence-electron chi connectivity index (χ4n) is 3.20. The van der Waals surface area contributed by atoms with Gasteiger partial charge in [-0.3, -0.25) is 4.79 Å². The maximum Gasteiger partial charge on any atom is 0.322 e. The zero-order valence-electron chi connectivity index (χ0n) is 15.1. The number of nitrogens with zero attached hydrogens (tertiary/aromatic N) is 1. The maximum atomic E-state index is 12.5. The molecule has 0 aromatic heterocycles. The van der Waals surface area contributed by atoms with Gasteiger partial charge in [-0.05, 0) is 56.2 Å². The first-order valence-electron chi connectivity index (χ1n) is 9.17. The van der Waals surface area contributed by atoms with E-state index in [1.807, 2.05) is 35.2 Å². The van der Waals surface area contributed by atoms with Crippen molar-refractivity contribution in [3.05, 3.63) is 60.2 Å². The average molecular weight is 351 g/mol. The van der Waals surface area contributed by atoms with Crippen LogP contribution in [-0.2, 0) is 0 Å². The number of likely N-dealkylation sites (tertiary alicyclic amines) is 1. The molecule has 3 rings (SSSR count). The van der Waals surface area contributed by atoms with Crippen LogP contribution in [0.5, 0.6) is 0 Å². The number of rotatable bonds is 3. The lowest BCUT2D eigenvalue weighted by atomic mass is 10.1. The predicted octanol–water partition coefficient (Wildman–Crippen LogP) is 4.74. The van der Waals surface area contributed by atoms with E-state index in [0.717, 1.165) is 25.1 Å². The van der Waals surface area contributed by atoms with Crippen LogP contribution in [0, 0.1) is 0 Å². The Labute approximate surface area is 154 Å². The van der Waals surface area contributed by atoms with Crippen LogP contribution < -0.4 is 10.6 Å². The first-order chi connectivity index (χ1) is 12.6. The molecule has 2 N–H and O–H groups in total. The highest BCUT2D eigenvalue weighted by molar-refractivity contribution is 6.04. The summed E-state index contributed by atoms with van der Waals surface area (Å²) in [5, 5.41) is 5.79. The summed E-state index contributed by atoms with van der Waals surface area (Å²) in [7, 11) is 0. The summed E-state index contributed by atoms with van der Waals surface area (Å²) in [4.78, 5) is 26.7. The first kappa shape index (κ1) is 18.0. The summed E-state index contributed by atoms with van der Waals surface area (Å²) in [6, 6.07) is 16.5. The molecule has 1 fully saturated rings. The Balaban J connectivity index is 1.60. The molecule has 0 aliphatic carbocycles. The number of para-hydroxylation sites is 1. The fraction of sp³-hybridized carbons (Fsp3) is 0.333. The number of hydrogen-bond donors (Lipinski definition) is 2. The van der Waals surface area contributed by atoms with E-state index in [4.69, 9.17) is 0 Å². The van der Waals surface area contributed by atoms with Crippen molar-refractivity contribution in [3.63, 3.8) is 0 Å². The number of nitrogens with one attached hydrogen (secondary N) is 2. The Bertz CT molecular complexity index is 744. The zero-order chi connectivity index (χ0) is 18.4. The molecule has 5 nitrogen and oxygen atoms in total. The van der Waals surface area contributed by atoms with E-state index < -0.39 is 0 Å². The molecular formula is C21H25N3O2. The number of amides is 3. The quantitative estimate of drug-likeness (QED) is 0.839. The van der Waals surface area contributed by atoms with E-state index in [0.29, 0.717) is 11.3 Å². The molecule has 1 atom stereocenters. The molecule has 0 unspecified atom stereocenters. The molecule has 2 aromatic carbocycles. The Morgan fingerprint density at radius 2 is 1.58 bits per heavy atom. The van der Waals surface area contributed by atoms with E-state index in [9.17, 15) is 9.59 Å². The Morgan fingerprint density at radius 1 is 0.885 bits per heavy atom. The second kappa shape index (κ2) is 8.52. The Morgan fingerprint density at radius 3 is 2.31 bits per heavy atom. The number of carbonyl (C=O) groups excluding carboxylic acids is 2. The molecule has 3 amide bonds. The molecule has 1 saturated heterocycles. The van der Waals surface area contributed by atoms with Crippen molar-refractivity contribution in [1.29, 1.82) is 0 Å². The SMILES string of the molecule is C[C@@H]1CCCCCN1C(=O)Nc1ccc(C(=O)Nc2ccccc2)cc1. The van der Waals surface area contributed by atoms with E-state index in [1.54, 1.807) is 24.3 Å². The van der Waals surface area contributed by atoms with Crippen LogP contribution in [0.1, 0.15) is 43.0 Å². The van der Waals surface area contributed by atoms with E-state index in [-0.39, 0.29) is 18.0 Å². The number of carbonyl (C=O) groups is 2. The summed E-state index contributed by atoms with van der Waals surface area (Å²) in [5.41, 5.74) is 2.00. The molecule has 0 spiro atoms. The standard InChI is InChI=1S/C21H25N3O2/c1-16-8-4-3-7-15-24(16)21(26)23-19-13-11-17(12-14-19)20(25)22-18-9-5-2-6-10-18/h2,5-6,9-14,16H,3-4,7-8,15H2,1H3,(H,22,25)(H,23,26)/t16-/m1/s1. The lowest BCUT2D eigenvalue weighted by molar-refractivity contribution is 0.102. The van der Waals surface area contributed by atoms with Gasteiger partial charge in [0.1, 0.15) is 0 Å². The van der Waals surface area contributed by atoms with Crippen LogP contribution in [0.2, 0.25) is 0 Å². The van der Waals surface area contributed by atoms with Gasteiger partial charge in [-0.2, -0.15) is 0 Å². The van der Waals surface area contributed by atoms with Gasteiger partial charge in [0.2, 0.25) is 0 Å². The molecule has 1 aliphatic heterocycles. The summed E-state index contributed by atoms with van der Waals surface area (Å²) in [5.74, 6) is -0.171. The topological polar surface area (TPSA) is 61.4 Å². The highest BCUT2D eigenvalue weighted by Crippen LogP contribution is 2.18. The normalized spacial score (nSPS) is 17.3. The van der Waals surface area contributed by atoms with Crippen LogP contribution in [-0.4, -0.2) is 29.4 Å². The number of hydrogen-bond acceptors (Lipinski definition) is 2. The molecule has 0 bridgehead atoms. The van der Waals surface area contributed by atoms with Crippen molar-refractivity contribution in [1.82, 2.24) is 4.90 Å². The van der Waals surface area contributed by atoms with Gasteiger partial charge in [0, 0.05) is 29.5 Å². The van der Waals surface area contributed by atoms with Crippen LogP contribution in [0.4, 0.5) is 16.2 Å². The van der Waals surface area contributed by atoms with Gasteiger partial charge in [0.25, 0.3) is 5.91 Å². The molecule has 5 heteroatoms. The van der Waals surface area contributed by atoms with Gasteiger partial charge in [0.05, 0.1) is 0 Å². The molecular weight excluding hydrogens is 326 g/mol. The monoisotopic (exact) mass is 351 g/mol. The van der Waals surface area contributed by atoms with Crippen LogP contribution in [0.15, 0.2) is 54.6 Å². The fourth-order valence-corrected chi connectivity index (χ4v) is 3.20. The van der Waals surface area contributed by atoms with Gasteiger partial charge in [-0.1, -0.05) is 31.0 Å². The third-order valence-corrected chi connectivity index (χ3v) is 4.74. The van der Waals surface area contributed by atoms with Crippen molar-refractivity contribution < 1.29 is 9.59 Å². The molecule has 26 heavy (non-hydrogen) atoms. The number of urea groups is 1. The average Bonchev–Trinajstić information content (AvgIpc) is 2.87. The summed E-state index contributed by atoms with van der Waals surface area (Å²) < 4.78 is 0. The van der Waals surface area contributed by atoms with Crippen molar-refractivity contribution in [2.24, 2.45) is 0 Å². The third kappa shape index (κ3) is 4.63. The van der Waals surface area contributed by atoms with Gasteiger partial charge >= 0.3 is 6.03 Å². The summed E-state index contributed by atoms with van der Waals surface area (Å²) >= 11 is 0. The van der Waals surface area contributed by atoms with E-state index in [1.165, 1.54) is 12.8 Å². The molecule has 0 saturated carbocycles. The van der Waals surface area contributed by atoms with Crippen molar-refractivity contribution in [2.75, 3.05) is 17.2 Å². The van der Waals surface area contributed by atoms with Crippen LogP contribution in [0.3, 0.4) is 0 Å². The van der Waals surface area contributed by atoms with Gasteiger partial charge < -0.3 is 15.5 Å². The largest absolute Gasteiger partial charge is 0.322 e. The minimum Gasteiger partial charge on any atom is -0.322 e. The number of benzene rings is 2. The van der Waals surface area contributed by atoms with Gasteiger partial charge in [-0.15, -0.1) is 0 Å². The first-order valence-corrected chi connectivity index (χ1v) is 9.17. The minimum absolute atomic E-state index is 0.0686. The summed E-state index contributed by atoms with van der Waals surface area (Å²) in [6.07, 6.45) is 4.46. The lowest BCUT2D eigenvalue weighted by Gasteiger charge is -2.27. The zero-order valence-corrected chi connectivity index (χ0v) is 15.1. The number of anilines is 2. The van der Waals surface area contributed by atoms with E-state index in [2.05, 4.69) is 17.6 Å². The van der Waals surface area contributed by atoms with Crippen LogP contribution >= 0.6 is 0 Å². The van der Waals surface area contributed by atoms with Gasteiger partial charge in [-0.25, -0.2) is 4.79 Å². The van der Waals surface area contributed by atoms with E-state index >= 15 is 0 Å². The summed E-state index contributed by atoms with van der Waals surface area (Å²) in [6.45, 7) is 2.90. The molecule has 2 aromatic rings. The predicted molar refractivity (Wildman–Crippen MR) is 104 cm³/mol. The Hall–Kier alpha value is -2.82. The smallest absolute Gasteiger partial charge is 0.322 e. The van der Waals surface area contributed by atoms with Gasteiger partial charge in [0.15, 0.2) is 0 Å². The molecule has 136 valence electrons. The molecule has 1 aliphatic rings. The maximum absolute atomic E-state index is 12.5. The van der Waals surface area contributed by atoms with Crippen LogP contribution in [0.25, 0.3) is 0 Å². The minimum atomic E-state index is -0.171. The van der Waals surface area contributed by atoms with Crippen molar-refractivity contribution in [3.8, 4) is 0 Å². The van der Waals surface area contributed by atoms with Crippen molar-refractivity contribution in [2.45, 2.75) is 38.6 Å². The highest BCUT2D eigenvalue weighted by Gasteiger charge is 2.21. The highest BCUT2D eigenvalue weighted by atomic mass is 16.2. The second-order valence-corrected chi connectivity index (χ2v) is 6.72. The molecule has 0 radical (unpaired) electrons. The lowest BCUT2D eigenvalue weighted by Crippen LogP contribution is -2.41. The third-order valence-electron chi connectivity index (χ3n) is 4.74. The van der Waals surface area contributed by atoms with Crippen molar-refractivity contribution >= 4 is 23.3 Å². The Kier molecular flexibility index (Phi) is 5.89. The molecule has 1 heterocycles. The second-order valence-electron chi connectivity index (χ2n) is 6.72.